The molecule has 1 saturated heterocycles. The van der Waals surface area contributed by atoms with Gasteiger partial charge in [-0.05, 0) is 72.6 Å². The number of halogens is 1. The van der Waals surface area contributed by atoms with Gasteiger partial charge in [-0.25, -0.2) is 0 Å². The van der Waals surface area contributed by atoms with E-state index in [-0.39, 0.29) is 5.91 Å². The molecule has 1 aromatic heterocycles. The number of benzene rings is 1. The second kappa shape index (κ2) is 9.89. The lowest BCUT2D eigenvalue weighted by Crippen LogP contribution is -2.40. The van der Waals surface area contributed by atoms with Crippen molar-refractivity contribution < 1.29 is 4.79 Å². The van der Waals surface area contributed by atoms with Crippen molar-refractivity contribution in [3.63, 3.8) is 0 Å². The van der Waals surface area contributed by atoms with Crippen LogP contribution in [0.1, 0.15) is 44.0 Å². The number of carbonyl (C=O) groups is 1. The zero-order valence-electron chi connectivity index (χ0n) is 16.7. The van der Waals surface area contributed by atoms with Crippen LogP contribution >= 0.6 is 27.7 Å². The predicted molar refractivity (Wildman–Crippen MR) is 118 cm³/mol. The van der Waals surface area contributed by atoms with Gasteiger partial charge in [0.2, 0.25) is 5.91 Å². The number of nitrogens with one attached hydrogen (secondary N) is 1. The lowest BCUT2D eigenvalue weighted by atomic mass is 9.97. The highest BCUT2D eigenvalue weighted by Crippen LogP contribution is 2.29. The highest BCUT2D eigenvalue weighted by Gasteiger charge is 2.27. The molecule has 0 spiro atoms. The lowest BCUT2D eigenvalue weighted by molar-refractivity contribution is -0.117. The molecule has 1 N–H and O–H groups in total. The van der Waals surface area contributed by atoms with Crippen molar-refractivity contribution in [3.05, 3.63) is 34.1 Å². The molecule has 0 saturated carbocycles. The number of aryl methyl sites for hydroxylation is 1. The Balaban J connectivity index is 1.63. The van der Waals surface area contributed by atoms with E-state index in [4.69, 9.17) is 0 Å². The monoisotopic (exact) mass is 465 g/mol. The zero-order valence-corrected chi connectivity index (χ0v) is 19.1. The van der Waals surface area contributed by atoms with Gasteiger partial charge in [-0.2, -0.15) is 0 Å². The summed E-state index contributed by atoms with van der Waals surface area (Å²) >= 11 is 5.26. The number of carbonyl (C=O) groups excluding carboxylic acids is 1. The molecule has 1 amide bonds. The summed E-state index contributed by atoms with van der Waals surface area (Å²) in [6.45, 7) is 9.36. The smallest absolute Gasteiger partial charge is 0.238 e. The second-order valence-corrected chi connectivity index (χ2v) is 9.21. The molecule has 0 radical (unpaired) electrons. The minimum atomic E-state index is 0.0180. The minimum Gasteiger partial charge on any atom is -0.324 e. The molecule has 0 bridgehead atoms. The maximum absolute atomic E-state index is 12.6. The molecule has 6 nitrogen and oxygen atoms in total. The van der Waals surface area contributed by atoms with E-state index >= 15 is 0 Å². The molecule has 2 heterocycles. The fraction of sp³-hybridized carbons (Fsp3) is 0.550. The summed E-state index contributed by atoms with van der Waals surface area (Å²) in [7, 11) is 0. The van der Waals surface area contributed by atoms with Crippen molar-refractivity contribution in [2.24, 2.45) is 0 Å². The van der Waals surface area contributed by atoms with E-state index in [9.17, 15) is 4.79 Å². The molecule has 152 valence electrons. The summed E-state index contributed by atoms with van der Waals surface area (Å²) in [5.41, 5.74) is 1.97. The fourth-order valence-electron chi connectivity index (χ4n) is 3.66. The van der Waals surface area contributed by atoms with Crippen LogP contribution < -0.4 is 5.32 Å². The molecule has 3 rings (SSSR count). The molecule has 1 aliphatic heterocycles. The van der Waals surface area contributed by atoms with Crippen LogP contribution in [0.15, 0.2) is 27.8 Å². The maximum atomic E-state index is 12.6. The lowest BCUT2D eigenvalue weighted by Gasteiger charge is -2.31. The number of piperidine rings is 1. The van der Waals surface area contributed by atoms with Gasteiger partial charge in [-0.1, -0.05) is 24.8 Å². The van der Waals surface area contributed by atoms with Crippen LogP contribution in [-0.4, -0.2) is 51.0 Å². The molecular weight excluding hydrogens is 438 g/mol. The Bertz CT molecular complexity index is 825. The SMILES string of the molecule is CCSc1nnc([C@H]2CCCN(CC(=O)Nc3ccc(C)cc3Br)C2)n1CC. The van der Waals surface area contributed by atoms with Crippen LogP contribution in [0.2, 0.25) is 0 Å². The van der Waals surface area contributed by atoms with Gasteiger partial charge in [0.1, 0.15) is 5.82 Å². The number of amides is 1. The van der Waals surface area contributed by atoms with E-state index in [1.54, 1.807) is 11.8 Å². The van der Waals surface area contributed by atoms with Crippen molar-refractivity contribution in [2.45, 2.75) is 51.2 Å². The first-order valence-corrected chi connectivity index (χ1v) is 11.6. The van der Waals surface area contributed by atoms with Crippen molar-refractivity contribution in [1.82, 2.24) is 19.7 Å². The first-order valence-electron chi connectivity index (χ1n) is 9.86. The van der Waals surface area contributed by atoms with Crippen LogP contribution in [0, 0.1) is 6.92 Å². The third kappa shape index (κ3) is 5.15. The highest BCUT2D eigenvalue weighted by molar-refractivity contribution is 9.10. The number of anilines is 1. The third-order valence-corrected chi connectivity index (χ3v) is 6.48. The van der Waals surface area contributed by atoms with Crippen molar-refractivity contribution >= 4 is 39.3 Å². The highest BCUT2D eigenvalue weighted by atomic mass is 79.9. The van der Waals surface area contributed by atoms with Gasteiger partial charge >= 0.3 is 0 Å². The van der Waals surface area contributed by atoms with Gasteiger partial charge in [0, 0.05) is 23.5 Å². The summed E-state index contributed by atoms with van der Waals surface area (Å²) in [4.78, 5) is 14.8. The number of hydrogen-bond donors (Lipinski definition) is 1. The zero-order chi connectivity index (χ0) is 20.1. The molecular formula is C20H28BrN5OS. The summed E-state index contributed by atoms with van der Waals surface area (Å²) in [5.74, 6) is 2.39. The molecule has 2 aromatic rings. The molecule has 8 heteroatoms. The predicted octanol–water partition coefficient (Wildman–Crippen LogP) is 4.30. The topological polar surface area (TPSA) is 63.1 Å². The van der Waals surface area contributed by atoms with E-state index in [1.165, 1.54) is 0 Å². The number of rotatable bonds is 7. The Labute approximate surface area is 179 Å². The van der Waals surface area contributed by atoms with Gasteiger partial charge in [0.25, 0.3) is 0 Å². The van der Waals surface area contributed by atoms with Crippen molar-refractivity contribution in [1.29, 1.82) is 0 Å². The van der Waals surface area contributed by atoms with E-state index in [2.05, 4.69) is 54.8 Å². The second-order valence-electron chi connectivity index (χ2n) is 7.12. The van der Waals surface area contributed by atoms with Crippen LogP contribution in [0.5, 0.6) is 0 Å². The van der Waals surface area contributed by atoms with Gasteiger partial charge in [-0.3, -0.25) is 9.69 Å². The first kappa shape index (κ1) is 21.3. The molecule has 1 fully saturated rings. The van der Waals surface area contributed by atoms with Crippen LogP contribution in [0.3, 0.4) is 0 Å². The van der Waals surface area contributed by atoms with Crippen molar-refractivity contribution in [3.8, 4) is 0 Å². The molecule has 0 unspecified atom stereocenters. The number of likely N-dealkylation sites (tertiary alicyclic amines) is 1. The Kier molecular flexibility index (Phi) is 7.54. The molecule has 1 aromatic carbocycles. The fourth-order valence-corrected chi connectivity index (χ4v) is 4.99. The van der Waals surface area contributed by atoms with E-state index in [0.717, 1.165) is 64.9 Å². The Hall–Kier alpha value is -1.38. The Morgan fingerprint density at radius 1 is 1.36 bits per heavy atom. The number of hydrogen-bond acceptors (Lipinski definition) is 5. The number of thioether (sulfide) groups is 1. The summed E-state index contributed by atoms with van der Waals surface area (Å²) in [5, 5.41) is 12.9. The average Bonchev–Trinajstić information content (AvgIpc) is 3.07. The van der Waals surface area contributed by atoms with E-state index in [1.807, 2.05) is 25.1 Å². The Morgan fingerprint density at radius 3 is 2.89 bits per heavy atom. The van der Waals surface area contributed by atoms with Crippen LogP contribution in [-0.2, 0) is 11.3 Å². The van der Waals surface area contributed by atoms with Crippen LogP contribution in [0.25, 0.3) is 0 Å². The number of nitrogens with zero attached hydrogens (tertiary/aromatic N) is 4. The summed E-state index contributed by atoms with van der Waals surface area (Å²) in [6.07, 6.45) is 2.16. The van der Waals surface area contributed by atoms with Gasteiger partial charge in [0.15, 0.2) is 5.16 Å². The quantitative estimate of drug-likeness (QED) is 0.617. The van der Waals surface area contributed by atoms with Gasteiger partial charge < -0.3 is 9.88 Å². The largest absolute Gasteiger partial charge is 0.324 e. The Morgan fingerprint density at radius 2 is 2.18 bits per heavy atom. The van der Waals surface area contributed by atoms with E-state index < -0.39 is 0 Å². The molecule has 0 aliphatic carbocycles. The molecule has 1 atom stereocenters. The third-order valence-electron chi connectivity index (χ3n) is 4.97. The summed E-state index contributed by atoms with van der Waals surface area (Å²) < 4.78 is 3.14. The average molecular weight is 466 g/mol. The normalized spacial score (nSPS) is 17.6. The molecule has 1 aliphatic rings. The summed E-state index contributed by atoms with van der Waals surface area (Å²) in [6, 6.07) is 5.95. The van der Waals surface area contributed by atoms with Gasteiger partial charge in [0.05, 0.1) is 12.2 Å². The number of aromatic nitrogens is 3. The maximum Gasteiger partial charge on any atom is 0.238 e. The standard InChI is InChI=1S/C20H28BrN5OS/c1-4-26-19(23-24-20(26)28-5-2)15-7-6-10-25(12-15)13-18(27)22-17-9-8-14(3)11-16(17)21/h8-9,11,15H,4-7,10,12-13H2,1-3H3,(H,22,27)/t15-/m0/s1. The van der Waals surface area contributed by atoms with E-state index in [0.29, 0.717) is 12.5 Å². The van der Waals surface area contributed by atoms with Gasteiger partial charge in [-0.15, -0.1) is 10.2 Å². The minimum absolute atomic E-state index is 0.0180. The van der Waals surface area contributed by atoms with Crippen LogP contribution in [0.4, 0.5) is 5.69 Å². The first-order chi connectivity index (χ1) is 13.5. The molecule has 28 heavy (non-hydrogen) atoms. The van der Waals surface area contributed by atoms with Crippen molar-refractivity contribution in [2.75, 3.05) is 30.7 Å².